The van der Waals surface area contributed by atoms with Gasteiger partial charge in [0, 0.05) is 6.54 Å². The summed E-state index contributed by atoms with van der Waals surface area (Å²) in [6.07, 6.45) is -2.74. The monoisotopic (exact) mass is 390 g/mol. The zero-order valence-corrected chi connectivity index (χ0v) is 14.5. The highest BCUT2D eigenvalue weighted by Crippen LogP contribution is 2.37. The predicted octanol–water partition coefficient (Wildman–Crippen LogP) is -0.804. The Morgan fingerprint density at radius 3 is 2.52 bits per heavy atom. The first-order valence-corrected chi connectivity index (χ1v) is 9.34. The molecule has 0 aromatic heterocycles. The topological polar surface area (TPSA) is 182 Å². The van der Waals surface area contributed by atoms with E-state index in [2.05, 4.69) is 15.3 Å². The first-order valence-electron chi connectivity index (χ1n) is 7.73. The number of benzene rings is 1. The van der Waals surface area contributed by atoms with Crippen LogP contribution in [0.15, 0.2) is 22.1 Å². The van der Waals surface area contributed by atoms with Crippen LogP contribution in [0.25, 0.3) is 0 Å². The summed E-state index contributed by atoms with van der Waals surface area (Å²) in [6.45, 7) is 0.0425. The number of aliphatic hydroxyl groups excluding tert-OH is 2. The molecule has 140 valence electrons. The normalized spacial score (nSPS) is 21.3. The molecule has 1 aromatic rings. The Labute approximate surface area is 154 Å². The highest BCUT2D eigenvalue weighted by Gasteiger charge is 2.35. The van der Waals surface area contributed by atoms with E-state index in [0.717, 1.165) is 0 Å². The molecule has 0 fully saturated rings. The molecule has 0 saturated heterocycles. The standard InChI is InChI=1S/C15H14N6O5S/c16-6-8-4-10-11(5-9(8)7-17)21(2-1-3-27(24,25)26)13-12(18-10)14(22)20-15(23)19-13/h4-5,14-15,20,22-23H,1-3H2,(H,24,25,26). The predicted molar refractivity (Wildman–Crippen MR) is 93.9 cm³/mol. The van der Waals surface area contributed by atoms with Gasteiger partial charge in [0.1, 0.15) is 17.9 Å². The average molecular weight is 390 g/mol. The maximum Gasteiger partial charge on any atom is 0.264 e. The minimum Gasteiger partial charge on any atom is -0.372 e. The minimum atomic E-state index is -4.18. The number of hydrogen-bond acceptors (Lipinski definition) is 10. The van der Waals surface area contributed by atoms with Crippen LogP contribution in [0.4, 0.5) is 11.4 Å². The van der Waals surface area contributed by atoms with Crippen molar-refractivity contribution in [2.24, 2.45) is 9.98 Å². The third-order valence-corrected chi connectivity index (χ3v) is 4.77. The van der Waals surface area contributed by atoms with Gasteiger partial charge < -0.3 is 15.1 Å². The molecule has 0 amide bonds. The summed E-state index contributed by atoms with van der Waals surface area (Å²) >= 11 is 0. The second kappa shape index (κ2) is 7.03. The highest BCUT2D eigenvalue weighted by molar-refractivity contribution is 7.85. The fraction of sp³-hybridized carbons (Fsp3) is 0.333. The van der Waals surface area contributed by atoms with Crippen LogP contribution in [0.1, 0.15) is 17.5 Å². The molecule has 2 unspecified atom stereocenters. The van der Waals surface area contributed by atoms with E-state index >= 15 is 0 Å². The average Bonchev–Trinajstić information content (AvgIpc) is 2.59. The van der Waals surface area contributed by atoms with Crippen LogP contribution in [0.3, 0.4) is 0 Å². The number of fused-ring (bicyclic) bond motifs is 2. The van der Waals surface area contributed by atoms with Crippen molar-refractivity contribution in [3.05, 3.63) is 23.3 Å². The van der Waals surface area contributed by atoms with Crippen LogP contribution in [0.5, 0.6) is 0 Å². The van der Waals surface area contributed by atoms with Crippen LogP contribution in [0, 0.1) is 22.7 Å². The molecule has 11 nitrogen and oxygen atoms in total. The second-order valence-electron chi connectivity index (χ2n) is 5.79. The zero-order chi connectivity index (χ0) is 19.8. The minimum absolute atomic E-state index is 0.00603. The third-order valence-electron chi connectivity index (χ3n) is 3.97. The van der Waals surface area contributed by atoms with Gasteiger partial charge in [-0.15, -0.1) is 0 Å². The van der Waals surface area contributed by atoms with E-state index in [-0.39, 0.29) is 41.3 Å². The number of nitrogens with one attached hydrogen (secondary N) is 1. The lowest BCUT2D eigenvalue weighted by Crippen LogP contribution is -2.56. The number of nitriles is 2. The van der Waals surface area contributed by atoms with Crippen molar-refractivity contribution in [2.75, 3.05) is 17.2 Å². The van der Waals surface area contributed by atoms with Crippen molar-refractivity contribution in [1.29, 1.82) is 10.5 Å². The molecule has 2 heterocycles. The molecule has 0 spiro atoms. The van der Waals surface area contributed by atoms with Crippen LogP contribution in [-0.2, 0) is 10.1 Å². The molecule has 2 atom stereocenters. The zero-order valence-electron chi connectivity index (χ0n) is 13.7. The number of nitrogens with zero attached hydrogens (tertiary/aromatic N) is 5. The summed E-state index contributed by atoms with van der Waals surface area (Å²) in [7, 11) is -4.18. The van der Waals surface area contributed by atoms with Gasteiger partial charge in [0.05, 0.1) is 28.3 Å². The molecule has 2 aliphatic rings. The van der Waals surface area contributed by atoms with Crippen molar-refractivity contribution >= 4 is 33.0 Å². The van der Waals surface area contributed by atoms with Gasteiger partial charge in [-0.3, -0.25) is 4.55 Å². The van der Waals surface area contributed by atoms with Gasteiger partial charge in [0.25, 0.3) is 10.1 Å². The molecule has 0 aliphatic carbocycles. The summed E-state index contributed by atoms with van der Waals surface area (Å²) in [6, 6.07) is 6.58. The van der Waals surface area contributed by atoms with Gasteiger partial charge in [-0.05, 0) is 18.6 Å². The Balaban J connectivity index is 2.11. The van der Waals surface area contributed by atoms with Gasteiger partial charge >= 0.3 is 0 Å². The van der Waals surface area contributed by atoms with Crippen molar-refractivity contribution in [1.82, 2.24) is 5.32 Å². The van der Waals surface area contributed by atoms with E-state index in [1.807, 2.05) is 12.1 Å². The van der Waals surface area contributed by atoms with Crippen molar-refractivity contribution in [3.8, 4) is 12.1 Å². The molecule has 12 heteroatoms. The highest BCUT2D eigenvalue weighted by atomic mass is 32.2. The van der Waals surface area contributed by atoms with E-state index in [0.29, 0.717) is 5.69 Å². The lowest BCUT2D eigenvalue weighted by molar-refractivity contribution is 0.0770. The number of anilines is 1. The maximum atomic E-state index is 11.0. The number of amidine groups is 1. The molecular weight excluding hydrogens is 376 g/mol. The summed E-state index contributed by atoms with van der Waals surface area (Å²) in [5, 5.41) is 40.7. The van der Waals surface area contributed by atoms with Gasteiger partial charge in [0.2, 0.25) is 6.35 Å². The number of aliphatic imine (C=N–C) groups is 2. The molecule has 27 heavy (non-hydrogen) atoms. The Kier molecular flexibility index (Phi) is 4.93. The molecule has 0 saturated carbocycles. The Bertz CT molecular complexity index is 1040. The summed E-state index contributed by atoms with van der Waals surface area (Å²) in [5.74, 6) is -0.409. The van der Waals surface area contributed by atoms with E-state index in [1.165, 1.54) is 17.0 Å². The summed E-state index contributed by atoms with van der Waals surface area (Å²) in [5.41, 5.74) is 0.906. The van der Waals surface area contributed by atoms with Gasteiger partial charge in [-0.1, -0.05) is 0 Å². The van der Waals surface area contributed by atoms with Crippen LogP contribution in [-0.4, -0.2) is 59.6 Å². The molecule has 3 rings (SSSR count). The molecule has 0 bridgehead atoms. The number of aliphatic hydroxyl groups is 2. The molecule has 1 aromatic carbocycles. The van der Waals surface area contributed by atoms with Gasteiger partial charge in [-0.2, -0.15) is 18.9 Å². The van der Waals surface area contributed by atoms with Gasteiger partial charge in [-0.25, -0.2) is 15.3 Å². The van der Waals surface area contributed by atoms with Crippen molar-refractivity contribution in [2.45, 2.75) is 19.0 Å². The third kappa shape index (κ3) is 3.80. The van der Waals surface area contributed by atoms with Gasteiger partial charge in [0.15, 0.2) is 12.1 Å². The summed E-state index contributed by atoms with van der Waals surface area (Å²) in [4.78, 5) is 9.74. The molecule has 4 N–H and O–H groups in total. The Morgan fingerprint density at radius 2 is 1.89 bits per heavy atom. The largest absolute Gasteiger partial charge is 0.372 e. The lowest BCUT2D eigenvalue weighted by atomic mass is 10.0. The number of rotatable bonds is 4. The second-order valence-corrected chi connectivity index (χ2v) is 7.37. The molecule has 2 aliphatic heterocycles. The summed E-state index contributed by atoms with van der Waals surface area (Å²) < 4.78 is 30.9. The van der Waals surface area contributed by atoms with E-state index < -0.39 is 28.5 Å². The molecular formula is C15H14N6O5S. The van der Waals surface area contributed by atoms with Crippen LogP contribution in [0.2, 0.25) is 0 Å². The SMILES string of the molecule is N#Cc1cc2c(cc1C#N)N(CCCS(=O)(=O)O)C1=NC(O)NC(O)C1=N2. The van der Waals surface area contributed by atoms with Crippen molar-refractivity contribution in [3.63, 3.8) is 0 Å². The fourth-order valence-electron chi connectivity index (χ4n) is 2.82. The Hall–Kier alpha value is -2.87. The maximum absolute atomic E-state index is 11.0. The lowest BCUT2D eigenvalue weighted by Gasteiger charge is -2.36. The van der Waals surface area contributed by atoms with Crippen LogP contribution >= 0.6 is 0 Å². The number of hydrogen-bond donors (Lipinski definition) is 4. The first kappa shape index (κ1) is 18.9. The fourth-order valence-corrected chi connectivity index (χ4v) is 3.32. The van der Waals surface area contributed by atoms with E-state index in [9.17, 15) is 29.2 Å². The smallest absolute Gasteiger partial charge is 0.264 e. The first-order chi connectivity index (χ1) is 12.7. The quantitative estimate of drug-likeness (QED) is 0.478. The Morgan fingerprint density at radius 1 is 1.22 bits per heavy atom. The van der Waals surface area contributed by atoms with Crippen molar-refractivity contribution < 1.29 is 23.2 Å². The van der Waals surface area contributed by atoms with Crippen LogP contribution < -0.4 is 10.2 Å². The van der Waals surface area contributed by atoms with E-state index in [4.69, 9.17) is 4.55 Å². The molecule has 0 radical (unpaired) electrons. The van der Waals surface area contributed by atoms with E-state index in [1.54, 1.807) is 0 Å².